The number of hydrogen-bond donors (Lipinski definition) is 1. The normalized spacial score (nSPS) is 12.1. The molecule has 0 aromatic carbocycles. The monoisotopic (exact) mass is 534 g/mol. The number of aliphatic carboxylic acids is 1. The molecule has 222 valence electrons. The van der Waals surface area contributed by atoms with E-state index in [9.17, 15) is 14.7 Å². The van der Waals surface area contributed by atoms with Crippen molar-refractivity contribution in [3.05, 3.63) is 24.8 Å². The van der Waals surface area contributed by atoms with Crippen molar-refractivity contribution in [2.45, 2.75) is 167 Å². The van der Waals surface area contributed by atoms with Crippen molar-refractivity contribution in [3.8, 4) is 0 Å². The number of carboxylic acids is 1. The zero-order valence-electron chi connectivity index (χ0n) is 25.1. The molecule has 0 bridgehead atoms. The molecule has 0 heterocycles. The lowest BCUT2D eigenvalue weighted by molar-refractivity contribution is -0.151. The first-order chi connectivity index (χ1) is 18.6. The first-order valence-electron chi connectivity index (χ1n) is 16.3. The molecule has 1 N–H and O–H groups in total. The van der Waals surface area contributed by atoms with E-state index >= 15 is 0 Å². The second kappa shape index (κ2) is 30.0. The summed E-state index contributed by atoms with van der Waals surface area (Å²) in [7, 11) is 0. The summed E-state index contributed by atoms with van der Waals surface area (Å²) in [5, 5.41) is 9.30. The molecule has 0 saturated heterocycles. The fraction of sp³-hybridized carbons (Fsp3) is 0.824. The van der Waals surface area contributed by atoms with Gasteiger partial charge in [-0.1, -0.05) is 154 Å². The third-order valence-corrected chi connectivity index (χ3v) is 7.44. The third-order valence-electron chi connectivity index (χ3n) is 7.44. The fourth-order valence-electron chi connectivity index (χ4n) is 4.95. The van der Waals surface area contributed by atoms with E-state index in [1.54, 1.807) is 0 Å². The number of ether oxygens (including phenoxy) is 1. The predicted molar refractivity (Wildman–Crippen MR) is 163 cm³/mol. The van der Waals surface area contributed by atoms with Gasteiger partial charge in [-0.2, -0.15) is 0 Å². The van der Waals surface area contributed by atoms with E-state index in [-0.39, 0.29) is 13.0 Å². The van der Waals surface area contributed by atoms with Gasteiger partial charge in [0.05, 0.1) is 12.3 Å². The van der Waals surface area contributed by atoms with Crippen molar-refractivity contribution in [1.29, 1.82) is 0 Å². The Balaban J connectivity index is 3.35. The average molecular weight is 535 g/mol. The maximum absolute atomic E-state index is 11.6. The third kappa shape index (κ3) is 27.5. The van der Waals surface area contributed by atoms with Crippen molar-refractivity contribution in [2.75, 3.05) is 6.61 Å². The van der Waals surface area contributed by atoms with Gasteiger partial charge in [0.2, 0.25) is 0 Å². The number of carbonyl (C=O) groups is 2. The van der Waals surface area contributed by atoms with Crippen molar-refractivity contribution in [1.82, 2.24) is 0 Å². The van der Waals surface area contributed by atoms with Crippen LogP contribution in [-0.2, 0) is 14.3 Å². The van der Waals surface area contributed by atoms with Crippen molar-refractivity contribution >= 4 is 11.9 Å². The van der Waals surface area contributed by atoms with Crippen LogP contribution in [0.4, 0.5) is 0 Å². The van der Waals surface area contributed by atoms with Crippen LogP contribution < -0.4 is 0 Å². The van der Waals surface area contributed by atoms with Crippen LogP contribution in [0.25, 0.3) is 0 Å². The Labute approximate surface area is 236 Å². The Bertz CT molecular complexity index is 569. The molecule has 1 unspecified atom stereocenters. The minimum atomic E-state index is -0.903. The van der Waals surface area contributed by atoms with Gasteiger partial charge in [0.15, 0.2) is 0 Å². The summed E-state index contributed by atoms with van der Waals surface area (Å²) in [6, 6.07) is 0. The number of rotatable bonds is 30. The largest absolute Gasteiger partial charge is 0.481 e. The second-order valence-electron chi connectivity index (χ2n) is 11.1. The Morgan fingerprint density at radius 3 is 1.45 bits per heavy atom. The van der Waals surface area contributed by atoms with Crippen LogP contribution in [0.2, 0.25) is 0 Å². The molecule has 0 saturated carbocycles. The first kappa shape index (κ1) is 36.4. The summed E-state index contributed by atoms with van der Waals surface area (Å²) < 4.78 is 4.91. The lowest BCUT2D eigenvalue weighted by atomic mass is 9.97. The zero-order chi connectivity index (χ0) is 27.9. The molecule has 0 aromatic heterocycles. The SMILES string of the molecule is C=CCOC(=O)CC(CCCCCCCCCCC/C=C/CCCCCCCCCCCCCC)C(=O)O. The number of allylic oxidation sites excluding steroid dienone is 2. The maximum Gasteiger partial charge on any atom is 0.307 e. The molecule has 0 spiro atoms. The van der Waals surface area contributed by atoms with E-state index in [4.69, 9.17) is 4.74 Å². The molecule has 4 heteroatoms. The van der Waals surface area contributed by atoms with E-state index in [0.29, 0.717) is 6.42 Å². The lowest BCUT2D eigenvalue weighted by Gasteiger charge is -2.11. The highest BCUT2D eigenvalue weighted by Gasteiger charge is 2.21. The molecule has 0 amide bonds. The van der Waals surface area contributed by atoms with E-state index in [1.165, 1.54) is 134 Å². The Hall–Kier alpha value is -1.58. The minimum Gasteiger partial charge on any atom is -0.481 e. The van der Waals surface area contributed by atoms with Gasteiger partial charge in [-0.25, -0.2) is 0 Å². The fourth-order valence-corrected chi connectivity index (χ4v) is 4.95. The van der Waals surface area contributed by atoms with Crippen LogP contribution in [-0.4, -0.2) is 23.7 Å². The van der Waals surface area contributed by atoms with E-state index in [1.807, 2.05) is 0 Å². The minimum absolute atomic E-state index is 0.0439. The molecule has 0 aromatic rings. The van der Waals surface area contributed by atoms with Crippen molar-refractivity contribution in [2.24, 2.45) is 5.92 Å². The van der Waals surface area contributed by atoms with Gasteiger partial charge in [0.1, 0.15) is 6.61 Å². The van der Waals surface area contributed by atoms with Gasteiger partial charge < -0.3 is 9.84 Å². The molecular formula is C34H62O4. The van der Waals surface area contributed by atoms with Gasteiger partial charge in [-0.15, -0.1) is 0 Å². The molecule has 0 aliphatic rings. The number of carbonyl (C=O) groups excluding carboxylic acids is 1. The zero-order valence-corrected chi connectivity index (χ0v) is 25.1. The summed E-state index contributed by atoms with van der Waals surface area (Å²) in [4.78, 5) is 23.0. The highest BCUT2D eigenvalue weighted by molar-refractivity contribution is 5.78. The molecule has 0 fully saturated rings. The molecule has 4 nitrogen and oxygen atoms in total. The molecule has 0 radical (unpaired) electrons. The molecule has 0 aliphatic heterocycles. The van der Waals surface area contributed by atoms with Gasteiger partial charge >= 0.3 is 11.9 Å². The summed E-state index contributed by atoms with van der Waals surface area (Å²) in [6.07, 6.45) is 37.1. The smallest absolute Gasteiger partial charge is 0.307 e. The lowest BCUT2D eigenvalue weighted by Crippen LogP contribution is -2.19. The van der Waals surface area contributed by atoms with Crippen LogP contribution in [0.1, 0.15) is 167 Å². The van der Waals surface area contributed by atoms with Crippen molar-refractivity contribution in [3.63, 3.8) is 0 Å². The topological polar surface area (TPSA) is 63.6 Å². The van der Waals surface area contributed by atoms with Crippen LogP contribution in [0.15, 0.2) is 24.8 Å². The summed E-state index contributed by atoms with van der Waals surface area (Å²) >= 11 is 0. The summed E-state index contributed by atoms with van der Waals surface area (Å²) in [5.74, 6) is -1.99. The van der Waals surface area contributed by atoms with Gasteiger partial charge in [0.25, 0.3) is 0 Å². The molecule has 0 rings (SSSR count). The van der Waals surface area contributed by atoms with Gasteiger partial charge in [-0.3, -0.25) is 9.59 Å². The maximum atomic E-state index is 11.6. The predicted octanol–water partition coefficient (Wildman–Crippen LogP) is 10.7. The first-order valence-corrected chi connectivity index (χ1v) is 16.3. The molecule has 0 aliphatic carbocycles. The molecular weight excluding hydrogens is 472 g/mol. The highest BCUT2D eigenvalue weighted by Crippen LogP contribution is 2.17. The number of carboxylic acid groups (broad SMARTS) is 1. The van der Waals surface area contributed by atoms with Crippen LogP contribution in [0.3, 0.4) is 0 Å². The van der Waals surface area contributed by atoms with E-state index < -0.39 is 17.9 Å². The van der Waals surface area contributed by atoms with Crippen LogP contribution in [0.5, 0.6) is 0 Å². The summed E-state index contributed by atoms with van der Waals surface area (Å²) in [5.41, 5.74) is 0. The van der Waals surface area contributed by atoms with Gasteiger partial charge in [-0.05, 0) is 32.1 Å². The molecule has 38 heavy (non-hydrogen) atoms. The summed E-state index contributed by atoms with van der Waals surface area (Å²) in [6.45, 7) is 5.92. The Kier molecular flexibility index (Phi) is 28.7. The van der Waals surface area contributed by atoms with E-state index in [2.05, 4.69) is 25.7 Å². The Morgan fingerprint density at radius 2 is 1.05 bits per heavy atom. The van der Waals surface area contributed by atoms with Crippen LogP contribution >= 0.6 is 0 Å². The number of unbranched alkanes of at least 4 members (excludes halogenated alkanes) is 21. The quantitative estimate of drug-likeness (QED) is 0.0565. The molecule has 1 atom stereocenters. The average Bonchev–Trinajstić information content (AvgIpc) is 2.91. The van der Waals surface area contributed by atoms with Gasteiger partial charge in [0, 0.05) is 0 Å². The second-order valence-corrected chi connectivity index (χ2v) is 11.1. The van der Waals surface area contributed by atoms with E-state index in [0.717, 1.165) is 19.3 Å². The Morgan fingerprint density at radius 1 is 0.658 bits per heavy atom. The highest BCUT2D eigenvalue weighted by atomic mass is 16.5. The number of esters is 1. The van der Waals surface area contributed by atoms with Crippen molar-refractivity contribution < 1.29 is 19.4 Å². The standard InChI is InChI=1S/C34H62O4/c1-3-5-6-7-8-9-10-11-12-13-14-15-16-17-18-19-20-21-22-23-24-25-26-27-28-29-32(34(36)37)31-33(35)38-30-4-2/h4,17-18,32H,2-3,5-16,19-31H2,1H3,(H,36,37)/b18-17+. The van der Waals surface area contributed by atoms with Crippen LogP contribution in [0, 0.1) is 5.92 Å². The number of hydrogen-bond acceptors (Lipinski definition) is 3.